The smallest absolute Gasteiger partial charge is 0.0683 e. The van der Waals surface area contributed by atoms with Gasteiger partial charge >= 0.3 is 0 Å². The molecule has 2 heteroatoms. The largest absolute Gasteiger partial charge is 0.309 e. The Hall–Kier alpha value is -1.15. The minimum atomic E-state index is 0.228. The van der Waals surface area contributed by atoms with Crippen molar-refractivity contribution in [2.45, 2.75) is 33.2 Å². The second-order valence-corrected chi connectivity index (χ2v) is 3.91. The molecule has 1 unspecified atom stereocenters. The first-order valence-corrected chi connectivity index (χ1v) is 5.45. The van der Waals surface area contributed by atoms with Crippen LogP contribution in [0.4, 0.5) is 0 Å². The summed E-state index contributed by atoms with van der Waals surface area (Å²) >= 11 is 0. The van der Waals surface area contributed by atoms with Crippen LogP contribution in [0.15, 0.2) is 30.0 Å². The third kappa shape index (κ3) is 3.17. The highest BCUT2D eigenvalue weighted by molar-refractivity contribution is 5.26. The van der Waals surface area contributed by atoms with Crippen LogP contribution in [0.2, 0.25) is 0 Å². The molecule has 0 spiro atoms. The van der Waals surface area contributed by atoms with E-state index in [1.807, 2.05) is 19.3 Å². The zero-order valence-electron chi connectivity index (χ0n) is 10.0. The number of likely N-dealkylation sites (N-methyl/N-ethyl adjacent to an activating group) is 1. The number of nitrogens with zero attached hydrogens (tertiary/aromatic N) is 1. The van der Waals surface area contributed by atoms with Gasteiger partial charge in [-0.1, -0.05) is 24.6 Å². The van der Waals surface area contributed by atoms with E-state index in [1.54, 1.807) is 0 Å². The van der Waals surface area contributed by atoms with Crippen molar-refractivity contribution in [3.05, 3.63) is 41.2 Å². The van der Waals surface area contributed by atoms with Crippen LogP contribution >= 0.6 is 0 Å². The normalized spacial score (nSPS) is 12.3. The molecule has 1 heterocycles. The molecule has 1 rings (SSSR count). The monoisotopic (exact) mass is 204 g/mol. The lowest BCUT2D eigenvalue weighted by molar-refractivity contribution is 0.678. The van der Waals surface area contributed by atoms with Gasteiger partial charge in [-0.05, 0) is 38.9 Å². The number of hydrogen-bond acceptors (Lipinski definition) is 2. The summed E-state index contributed by atoms with van der Waals surface area (Å²) < 4.78 is 0. The molecule has 0 saturated heterocycles. The average molecular weight is 204 g/mol. The van der Waals surface area contributed by atoms with Crippen molar-refractivity contribution in [2.75, 3.05) is 7.05 Å². The Bertz CT molecular complexity index is 338. The summed E-state index contributed by atoms with van der Waals surface area (Å²) in [5.74, 6) is 0. The molecular weight excluding hydrogens is 184 g/mol. The van der Waals surface area contributed by atoms with E-state index in [9.17, 15) is 0 Å². The Morgan fingerprint density at radius 3 is 2.80 bits per heavy atom. The summed E-state index contributed by atoms with van der Waals surface area (Å²) in [6.45, 7) is 6.38. The molecule has 0 fully saturated rings. The van der Waals surface area contributed by atoms with Crippen LogP contribution in [-0.4, -0.2) is 12.0 Å². The summed E-state index contributed by atoms with van der Waals surface area (Å²) in [4.78, 5) is 4.47. The molecule has 0 bridgehead atoms. The minimum Gasteiger partial charge on any atom is -0.309 e. The maximum absolute atomic E-state index is 4.47. The highest BCUT2D eigenvalue weighted by Gasteiger charge is 2.10. The lowest BCUT2D eigenvalue weighted by atomic mass is 10.0. The average Bonchev–Trinajstić information content (AvgIpc) is 2.25. The molecule has 82 valence electrons. The maximum Gasteiger partial charge on any atom is 0.0683 e. The number of allylic oxidation sites excluding steroid dienone is 1. The Morgan fingerprint density at radius 2 is 2.27 bits per heavy atom. The van der Waals surface area contributed by atoms with Crippen molar-refractivity contribution in [1.82, 2.24) is 10.3 Å². The van der Waals surface area contributed by atoms with Gasteiger partial charge in [-0.25, -0.2) is 0 Å². The number of pyridine rings is 1. The summed E-state index contributed by atoms with van der Waals surface area (Å²) in [6, 6.07) is 4.37. The first kappa shape index (κ1) is 11.9. The van der Waals surface area contributed by atoms with Gasteiger partial charge < -0.3 is 5.32 Å². The van der Waals surface area contributed by atoms with Gasteiger partial charge in [-0.3, -0.25) is 4.98 Å². The van der Waals surface area contributed by atoms with Crippen molar-refractivity contribution in [3.63, 3.8) is 0 Å². The first-order valence-electron chi connectivity index (χ1n) is 5.45. The van der Waals surface area contributed by atoms with Crippen LogP contribution in [-0.2, 0) is 6.42 Å². The quantitative estimate of drug-likeness (QED) is 0.763. The summed E-state index contributed by atoms with van der Waals surface area (Å²) in [5, 5.41) is 3.29. The van der Waals surface area contributed by atoms with Gasteiger partial charge in [0.15, 0.2) is 0 Å². The second-order valence-electron chi connectivity index (χ2n) is 3.91. The molecule has 1 atom stereocenters. The van der Waals surface area contributed by atoms with Crippen molar-refractivity contribution < 1.29 is 0 Å². The Kier molecular flexibility index (Phi) is 4.50. The molecule has 0 amide bonds. The van der Waals surface area contributed by atoms with Crippen LogP contribution in [0.25, 0.3) is 0 Å². The summed E-state index contributed by atoms with van der Waals surface area (Å²) in [5.41, 5.74) is 3.76. The highest BCUT2D eigenvalue weighted by Crippen LogP contribution is 2.18. The topological polar surface area (TPSA) is 24.9 Å². The van der Waals surface area contributed by atoms with Gasteiger partial charge in [-0.15, -0.1) is 0 Å². The number of nitrogens with one attached hydrogen (secondary N) is 1. The van der Waals surface area contributed by atoms with Gasteiger partial charge in [0.1, 0.15) is 0 Å². The van der Waals surface area contributed by atoms with E-state index in [2.05, 4.69) is 43.2 Å². The summed E-state index contributed by atoms with van der Waals surface area (Å²) in [6.07, 6.45) is 5.09. The van der Waals surface area contributed by atoms with E-state index in [-0.39, 0.29) is 6.04 Å². The number of aryl methyl sites for hydroxylation is 1. The standard InChI is InChI=1S/C13H20N2/c1-5-11-7-6-8-15-13(11)12(14-4)9-10(2)3/h6-9,12,14H,5H2,1-4H3. The molecule has 2 nitrogen and oxygen atoms in total. The molecule has 1 aromatic rings. The second kappa shape index (κ2) is 5.66. The SMILES string of the molecule is CCc1cccnc1C(C=C(C)C)NC. The Labute approximate surface area is 92.4 Å². The predicted molar refractivity (Wildman–Crippen MR) is 64.8 cm³/mol. The molecule has 0 radical (unpaired) electrons. The Balaban J connectivity index is 3.06. The van der Waals surface area contributed by atoms with Gasteiger partial charge in [0.25, 0.3) is 0 Å². The third-order valence-corrected chi connectivity index (χ3v) is 2.41. The highest BCUT2D eigenvalue weighted by atomic mass is 14.9. The molecule has 0 aliphatic heterocycles. The van der Waals surface area contributed by atoms with Crippen LogP contribution in [0, 0.1) is 0 Å². The molecule has 0 aliphatic carbocycles. The van der Waals surface area contributed by atoms with Crippen molar-refractivity contribution >= 4 is 0 Å². The molecule has 0 aromatic carbocycles. The third-order valence-electron chi connectivity index (χ3n) is 2.41. The Morgan fingerprint density at radius 1 is 1.53 bits per heavy atom. The van der Waals surface area contributed by atoms with Crippen molar-refractivity contribution in [2.24, 2.45) is 0 Å². The molecule has 1 N–H and O–H groups in total. The molecule has 15 heavy (non-hydrogen) atoms. The fourth-order valence-electron chi connectivity index (χ4n) is 1.66. The van der Waals surface area contributed by atoms with Crippen LogP contribution in [0.5, 0.6) is 0 Å². The number of hydrogen-bond donors (Lipinski definition) is 1. The molecule has 1 aromatic heterocycles. The zero-order chi connectivity index (χ0) is 11.3. The number of aromatic nitrogens is 1. The zero-order valence-corrected chi connectivity index (χ0v) is 10.0. The maximum atomic E-state index is 4.47. The fourth-order valence-corrected chi connectivity index (χ4v) is 1.66. The fraction of sp³-hybridized carbons (Fsp3) is 0.462. The van der Waals surface area contributed by atoms with E-state index in [0.29, 0.717) is 0 Å². The van der Waals surface area contributed by atoms with Gasteiger partial charge in [0.05, 0.1) is 11.7 Å². The minimum absolute atomic E-state index is 0.228. The lowest BCUT2D eigenvalue weighted by Gasteiger charge is -2.15. The van der Waals surface area contributed by atoms with Crippen molar-refractivity contribution in [1.29, 1.82) is 0 Å². The van der Waals surface area contributed by atoms with E-state index in [1.165, 1.54) is 11.1 Å². The molecule has 0 saturated carbocycles. The van der Waals surface area contributed by atoms with E-state index >= 15 is 0 Å². The van der Waals surface area contributed by atoms with Gasteiger partial charge in [0, 0.05) is 6.20 Å². The van der Waals surface area contributed by atoms with E-state index in [0.717, 1.165) is 12.1 Å². The molecular formula is C13H20N2. The van der Waals surface area contributed by atoms with Crippen LogP contribution in [0.3, 0.4) is 0 Å². The van der Waals surface area contributed by atoms with E-state index < -0.39 is 0 Å². The molecule has 0 aliphatic rings. The van der Waals surface area contributed by atoms with Crippen LogP contribution in [0.1, 0.15) is 38.1 Å². The van der Waals surface area contributed by atoms with Crippen molar-refractivity contribution in [3.8, 4) is 0 Å². The lowest BCUT2D eigenvalue weighted by Crippen LogP contribution is -2.17. The van der Waals surface area contributed by atoms with E-state index in [4.69, 9.17) is 0 Å². The first-order chi connectivity index (χ1) is 7.19. The van der Waals surface area contributed by atoms with Gasteiger partial charge in [0.2, 0.25) is 0 Å². The predicted octanol–water partition coefficient (Wildman–Crippen LogP) is 2.87. The number of rotatable bonds is 4. The van der Waals surface area contributed by atoms with Crippen LogP contribution < -0.4 is 5.32 Å². The van der Waals surface area contributed by atoms with Gasteiger partial charge in [-0.2, -0.15) is 0 Å². The summed E-state index contributed by atoms with van der Waals surface area (Å²) in [7, 11) is 1.97.